The summed E-state index contributed by atoms with van der Waals surface area (Å²) in [6.45, 7) is 11.7. The lowest BCUT2D eigenvalue weighted by molar-refractivity contribution is 0.0430. The number of benzene rings is 1. The summed E-state index contributed by atoms with van der Waals surface area (Å²) in [5, 5.41) is 0.455. The molecule has 0 radical (unpaired) electrons. The maximum atomic E-state index is 13.0. The number of hydrogen-bond donors (Lipinski definition) is 0. The van der Waals surface area contributed by atoms with Gasteiger partial charge in [-0.05, 0) is 66.2 Å². The second kappa shape index (κ2) is 9.80. The fraction of sp³-hybridized carbons (Fsp3) is 0.550. The van der Waals surface area contributed by atoms with Crippen LogP contribution < -0.4 is 4.90 Å². The third-order valence-electron chi connectivity index (χ3n) is 3.17. The lowest BCUT2D eigenvalue weighted by Gasteiger charge is -2.30. The van der Waals surface area contributed by atoms with E-state index in [2.05, 4.69) is 15.9 Å². The minimum Gasteiger partial charge on any atom is -0.462 e. The summed E-state index contributed by atoms with van der Waals surface area (Å²) < 4.78 is 15.9. The Morgan fingerprint density at radius 2 is 1.48 bits per heavy atom. The predicted molar refractivity (Wildman–Crippen MR) is 115 cm³/mol. The summed E-state index contributed by atoms with van der Waals surface area (Å²) in [6, 6.07) is 2.87. The summed E-state index contributed by atoms with van der Waals surface area (Å²) >= 11 is 9.45. The van der Waals surface area contributed by atoms with E-state index in [1.807, 2.05) is 0 Å². The summed E-state index contributed by atoms with van der Waals surface area (Å²) in [7, 11) is 0. The van der Waals surface area contributed by atoms with Gasteiger partial charge < -0.3 is 14.2 Å². The van der Waals surface area contributed by atoms with Gasteiger partial charge in [-0.1, -0.05) is 27.5 Å². The van der Waals surface area contributed by atoms with E-state index in [0.717, 1.165) is 0 Å². The van der Waals surface area contributed by atoms with E-state index in [4.69, 9.17) is 25.8 Å². The van der Waals surface area contributed by atoms with Crippen molar-refractivity contribution >= 4 is 51.4 Å². The summed E-state index contributed by atoms with van der Waals surface area (Å²) in [5.74, 6) is -0.732. The molecular weight excluding hydrogens is 466 g/mol. The molecule has 0 spiro atoms. The van der Waals surface area contributed by atoms with Crippen LogP contribution in [0.25, 0.3) is 0 Å². The second-order valence-electron chi connectivity index (χ2n) is 8.11. The third-order valence-corrected chi connectivity index (χ3v) is 3.99. The first kappa shape index (κ1) is 25.2. The summed E-state index contributed by atoms with van der Waals surface area (Å²) in [5.41, 5.74) is -1.42. The molecule has 2 amide bonds. The van der Waals surface area contributed by atoms with E-state index in [1.165, 1.54) is 12.1 Å². The van der Waals surface area contributed by atoms with Gasteiger partial charge in [0.25, 0.3) is 0 Å². The van der Waals surface area contributed by atoms with E-state index >= 15 is 0 Å². The van der Waals surface area contributed by atoms with Crippen molar-refractivity contribution in [2.75, 3.05) is 11.5 Å². The molecule has 1 rings (SSSR count). The minimum atomic E-state index is -0.984. The van der Waals surface area contributed by atoms with Crippen LogP contribution in [0.5, 0.6) is 0 Å². The molecule has 162 valence electrons. The Morgan fingerprint density at radius 1 is 1.00 bits per heavy atom. The van der Waals surface area contributed by atoms with Gasteiger partial charge in [0.2, 0.25) is 0 Å². The van der Waals surface area contributed by atoms with Gasteiger partial charge in [0.15, 0.2) is 0 Å². The molecule has 0 saturated heterocycles. The quantitative estimate of drug-likeness (QED) is 0.287. The zero-order valence-electron chi connectivity index (χ0n) is 17.7. The Hall–Kier alpha value is -1.80. The van der Waals surface area contributed by atoms with Crippen LogP contribution in [0.2, 0.25) is 5.02 Å². The molecule has 7 nitrogen and oxygen atoms in total. The first-order chi connectivity index (χ1) is 13.2. The number of amides is 2. The van der Waals surface area contributed by atoms with E-state index in [9.17, 15) is 14.4 Å². The zero-order valence-corrected chi connectivity index (χ0v) is 20.1. The van der Waals surface area contributed by atoms with Gasteiger partial charge in [0.05, 0.1) is 17.9 Å². The molecule has 0 aliphatic heterocycles. The number of rotatable bonds is 4. The monoisotopic (exact) mass is 491 g/mol. The SMILES string of the molecule is CCOC(=O)c1cc(Cl)cc(CBr)c1N(C(=O)OC(C)(C)C)C(=O)OC(C)(C)C. The van der Waals surface area contributed by atoms with Crippen molar-refractivity contribution in [3.8, 4) is 0 Å². The lowest BCUT2D eigenvalue weighted by Crippen LogP contribution is -2.45. The fourth-order valence-corrected chi connectivity index (χ4v) is 2.93. The van der Waals surface area contributed by atoms with Gasteiger partial charge in [-0.3, -0.25) is 0 Å². The Balaban J connectivity index is 3.72. The number of alkyl halides is 1. The first-order valence-corrected chi connectivity index (χ1v) is 10.5. The number of nitrogens with zero attached hydrogens (tertiary/aromatic N) is 1. The highest BCUT2D eigenvalue weighted by Crippen LogP contribution is 2.34. The third kappa shape index (κ3) is 7.51. The average molecular weight is 493 g/mol. The molecule has 0 N–H and O–H groups in total. The van der Waals surface area contributed by atoms with Crippen LogP contribution in [0.4, 0.5) is 15.3 Å². The van der Waals surface area contributed by atoms with Gasteiger partial charge in [0.1, 0.15) is 11.2 Å². The fourth-order valence-electron chi connectivity index (χ4n) is 2.26. The number of carbonyl (C=O) groups excluding carboxylic acids is 3. The highest BCUT2D eigenvalue weighted by atomic mass is 79.9. The molecule has 29 heavy (non-hydrogen) atoms. The molecular formula is C20H27BrClNO6. The smallest absolute Gasteiger partial charge is 0.424 e. The van der Waals surface area contributed by atoms with Crippen LogP contribution in [-0.2, 0) is 19.5 Å². The topological polar surface area (TPSA) is 82.1 Å². The van der Waals surface area contributed by atoms with Crippen LogP contribution >= 0.6 is 27.5 Å². The van der Waals surface area contributed by atoms with Gasteiger partial charge >= 0.3 is 18.2 Å². The summed E-state index contributed by atoms with van der Waals surface area (Å²) in [6.07, 6.45) is -1.97. The van der Waals surface area contributed by atoms with Crippen molar-refractivity contribution in [1.29, 1.82) is 0 Å². The number of ether oxygens (including phenoxy) is 3. The van der Waals surface area contributed by atoms with Gasteiger partial charge in [-0.25, -0.2) is 14.4 Å². The molecule has 0 atom stereocenters. The molecule has 9 heteroatoms. The van der Waals surface area contributed by atoms with Crippen LogP contribution in [0.15, 0.2) is 12.1 Å². The van der Waals surface area contributed by atoms with Crippen LogP contribution in [0, 0.1) is 0 Å². The van der Waals surface area contributed by atoms with Crippen LogP contribution in [-0.4, -0.2) is 36.0 Å². The number of imide groups is 1. The van der Waals surface area contributed by atoms with Crippen molar-refractivity contribution in [2.45, 2.75) is 65.0 Å². The number of esters is 1. The maximum Gasteiger partial charge on any atom is 0.424 e. The van der Waals surface area contributed by atoms with Crippen molar-refractivity contribution < 1.29 is 28.6 Å². The molecule has 0 fully saturated rings. The largest absolute Gasteiger partial charge is 0.462 e. The molecule has 0 aliphatic rings. The predicted octanol–water partition coefficient (Wildman–Crippen LogP) is 6.09. The molecule has 0 aliphatic carbocycles. The van der Waals surface area contributed by atoms with Crippen molar-refractivity contribution in [1.82, 2.24) is 0 Å². The molecule has 0 saturated carbocycles. The number of hydrogen-bond acceptors (Lipinski definition) is 6. The van der Waals surface area contributed by atoms with Crippen LogP contribution in [0.3, 0.4) is 0 Å². The van der Waals surface area contributed by atoms with Gasteiger partial charge in [-0.2, -0.15) is 4.90 Å². The molecule has 1 aromatic rings. The molecule has 1 aromatic carbocycles. The van der Waals surface area contributed by atoms with Crippen LogP contribution in [0.1, 0.15) is 64.4 Å². The highest BCUT2D eigenvalue weighted by molar-refractivity contribution is 9.08. The minimum absolute atomic E-state index is 0.00627. The Labute approximate surface area is 184 Å². The number of carbonyl (C=O) groups is 3. The van der Waals surface area contributed by atoms with E-state index in [1.54, 1.807) is 48.5 Å². The maximum absolute atomic E-state index is 13.0. The van der Waals surface area contributed by atoms with E-state index < -0.39 is 29.4 Å². The Morgan fingerprint density at radius 3 is 1.86 bits per heavy atom. The Kier molecular flexibility index (Phi) is 8.53. The lowest BCUT2D eigenvalue weighted by atomic mass is 10.1. The summed E-state index contributed by atoms with van der Waals surface area (Å²) in [4.78, 5) is 39.2. The molecule has 0 heterocycles. The number of anilines is 1. The van der Waals surface area contributed by atoms with E-state index in [0.29, 0.717) is 10.5 Å². The highest BCUT2D eigenvalue weighted by Gasteiger charge is 2.37. The van der Waals surface area contributed by atoms with Crippen molar-refractivity contribution in [3.05, 3.63) is 28.3 Å². The van der Waals surface area contributed by atoms with E-state index in [-0.39, 0.29) is 28.2 Å². The van der Waals surface area contributed by atoms with Crippen molar-refractivity contribution in [2.24, 2.45) is 0 Å². The van der Waals surface area contributed by atoms with Gasteiger partial charge in [-0.15, -0.1) is 0 Å². The van der Waals surface area contributed by atoms with Gasteiger partial charge in [0, 0.05) is 10.4 Å². The normalized spacial score (nSPS) is 11.6. The standard InChI is InChI=1S/C20H27BrClNO6/c1-8-27-16(24)14-10-13(22)9-12(11-21)15(14)23(17(25)28-19(2,3)4)18(26)29-20(5,6)7/h9-10H,8,11H2,1-7H3. The Bertz CT molecular complexity index is 754. The number of halogens is 2. The zero-order chi connectivity index (χ0) is 22.6. The average Bonchev–Trinajstić information content (AvgIpc) is 2.52. The molecule has 0 aromatic heterocycles. The molecule has 0 bridgehead atoms. The first-order valence-electron chi connectivity index (χ1n) is 9.01. The van der Waals surface area contributed by atoms with Crippen molar-refractivity contribution in [3.63, 3.8) is 0 Å². The molecule has 0 unspecified atom stereocenters. The second-order valence-corrected chi connectivity index (χ2v) is 9.11.